The van der Waals surface area contributed by atoms with Crippen molar-refractivity contribution in [1.29, 1.82) is 0 Å². The molecule has 8 aromatic rings. The predicted octanol–water partition coefficient (Wildman–Crippen LogP) is 12.5. The van der Waals surface area contributed by atoms with Crippen LogP contribution in [0.1, 0.15) is 0 Å². The molecule has 9 rings (SSSR count). The summed E-state index contributed by atoms with van der Waals surface area (Å²) in [6.07, 6.45) is 0. The number of para-hydroxylation sites is 1. The molecule has 2 heterocycles. The molecular formula is C42H26OS. The van der Waals surface area contributed by atoms with Crippen LogP contribution >= 0.6 is 11.3 Å². The number of fused-ring (bicyclic) bond motifs is 3. The highest BCUT2D eigenvalue weighted by molar-refractivity contribution is 7.19. The van der Waals surface area contributed by atoms with E-state index in [4.69, 9.17) is 4.74 Å². The van der Waals surface area contributed by atoms with Gasteiger partial charge in [0.15, 0.2) is 0 Å². The van der Waals surface area contributed by atoms with Gasteiger partial charge >= 0.3 is 0 Å². The molecule has 0 saturated carbocycles. The average molecular weight is 579 g/mol. The summed E-state index contributed by atoms with van der Waals surface area (Å²) in [6.45, 7) is 0. The molecule has 0 N–H and O–H groups in total. The van der Waals surface area contributed by atoms with Crippen LogP contribution < -0.4 is 4.74 Å². The van der Waals surface area contributed by atoms with Gasteiger partial charge in [0.1, 0.15) is 11.5 Å². The zero-order chi connectivity index (χ0) is 29.0. The Balaban J connectivity index is 1.23. The lowest BCUT2D eigenvalue weighted by atomic mass is 9.91. The molecule has 2 heteroatoms. The maximum absolute atomic E-state index is 6.37. The molecule has 0 bridgehead atoms. The maximum atomic E-state index is 6.37. The quantitative estimate of drug-likeness (QED) is 0.202. The standard InChI is InChI=1S/C42H26OS/c1-2-10-27(11-3-1)29-20-21-32(31-16-8-13-28-12-4-5-14-30(28)31)37(26-29)41-25-24-40(44-41)34-22-23-39-42-35(17-9-18-36(34)42)33-15-6-7-19-38(33)43-39/h1-26H. The van der Waals surface area contributed by atoms with Gasteiger partial charge in [-0.15, -0.1) is 11.3 Å². The fourth-order valence-electron chi connectivity index (χ4n) is 6.68. The zero-order valence-electron chi connectivity index (χ0n) is 23.8. The second-order valence-corrected chi connectivity index (χ2v) is 12.3. The Morgan fingerprint density at radius 2 is 1.05 bits per heavy atom. The van der Waals surface area contributed by atoms with Crippen molar-refractivity contribution in [2.75, 3.05) is 0 Å². The summed E-state index contributed by atoms with van der Waals surface area (Å²) < 4.78 is 6.37. The molecule has 0 spiro atoms. The number of ether oxygens (including phenoxy) is 1. The van der Waals surface area contributed by atoms with Gasteiger partial charge in [-0.2, -0.15) is 0 Å². The molecule has 1 aliphatic heterocycles. The summed E-state index contributed by atoms with van der Waals surface area (Å²) >= 11 is 1.85. The molecule has 1 aromatic heterocycles. The summed E-state index contributed by atoms with van der Waals surface area (Å²) in [4.78, 5) is 2.50. The van der Waals surface area contributed by atoms with Crippen LogP contribution in [0.4, 0.5) is 0 Å². The monoisotopic (exact) mass is 578 g/mol. The van der Waals surface area contributed by atoms with Crippen molar-refractivity contribution in [3.8, 4) is 65.8 Å². The average Bonchev–Trinajstić information content (AvgIpc) is 3.58. The Kier molecular flexibility index (Phi) is 5.75. The van der Waals surface area contributed by atoms with Gasteiger partial charge in [0, 0.05) is 26.3 Å². The third-order valence-corrected chi connectivity index (χ3v) is 9.89. The van der Waals surface area contributed by atoms with Crippen LogP contribution in [0.25, 0.3) is 75.8 Å². The molecule has 1 nitrogen and oxygen atoms in total. The molecule has 1 aliphatic rings. The third-order valence-electron chi connectivity index (χ3n) is 8.74. The molecule has 44 heavy (non-hydrogen) atoms. The lowest BCUT2D eigenvalue weighted by Crippen LogP contribution is -1.97. The van der Waals surface area contributed by atoms with E-state index in [0.29, 0.717) is 0 Å². The third kappa shape index (κ3) is 4.00. The van der Waals surface area contributed by atoms with Crippen molar-refractivity contribution < 1.29 is 4.74 Å². The highest BCUT2D eigenvalue weighted by Gasteiger charge is 2.22. The normalized spacial score (nSPS) is 11.8. The molecular weight excluding hydrogens is 553 g/mol. The molecule has 0 unspecified atom stereocenters. The molecule has 7 aromatic carbocycles. The van der Waals surface area contributed by atoms with E-state index in [-0.39, 0.29) is 0 Å². The number of hydrogen-bond donors (Lipinski definition) is 0. The van der Waals surface area contributed by atoms with E-state index in [2.05, 4.69) is 146 Å². The maximum Gasteiger partial charge on any atom is 0.135 e. The van der Waals surface area contributed by atoms with Crippen LogP contribution in [0, 0.1) is 0 Å². The minimum absolute atomic E-state index is 0.915. The van der Waals surface area contributed by atoms with Crippen LogP contribution in [0.2, 0.25) is 0 Å². The van der Waals surface area contributed by atoms with Crippen molar-refractivity contribution >= 4 is 32.9 Å². The first kappa shape index (κ1) is 25.1. The van der Waals surface area contributed by atoms with Crippen LogP contribution in [0.3, 0.4) is 0 Å². The number of thiophene rings is 1. The van der Waals surface area contributed by atoms with Crippen molar-refractivity contribution in [2.24, 2.45) is 0 Å². The second-order valence-electron chi connectivity index (χ2n) is 11.3. The highest BCUT2D eigenvalue weighted by atomic mass is 32.1. The summed E-state index contributed by atoms with van der Waals surface area (Å²) in [6, 6.07) is 56.7. The fraction of sp³-hybridized carbons (Fsp3) is 0. The summed E-state index contributed by atoms with van der Waals surface area (Å²) in [7, 11) is 0. The van der Waals surface area contributed by atoms with Gasteiger partial charge in [-0.05, 0) is 85.9 Å². The Morgan fingerprint density at radius 1 is 0.364 bits per heavy atom. The van der Waals surface area contributed by atoms with Gasteiger partial charge in [0.25, 0.3) is 0 Å². The minimum atomic E-state index is 0.915. The Bertz CT molecular complexity index is 2360. The summed E-state index contributed by atoms with van der Waals surface area (Å²) in [5.74, 6) is 1.83. The largest absolute Gasteiger partial charge is 0.456 e. The number of hydrogen-bond acceptors (Lipinski definition) is 2. The van der Waals surface area contributed by atoms with E-state index in [1.54, 1.807) is 0 Å². The predicted molar refractivity (Wildman–Crippen MR) is 187 cm³/mol. The lowest BCUT2D eigenvalue weighted by molar-refractivity contribution is 0.487. The zero-order valence-corrected chi connectivity index (χ0v) is 24.6. The van der Waals surface area contributed by atoms with E-state index >= 15 is 0 Å². The summed E-state index contributed by atoms with van der Waals surface area (Å²) in [5, 5.41) is 4.92. The second kappa shape index (κ2) is 10.1. The molecule has 0 fully saturated rings. The summed E-state index contributed by atoms with van der Waals surface area (Å²) in [5.41, 5.74) is 9.80. The van der Waals surface area contributed by atoms with Crippen LogP contribution in [0.15, 0.2) is 158 Å². The molecule has 206 valence electrons. The number of rotatable bonds is 4. The van der Waals surface area contributed by atoms with E-state index in [1.807, 2.05) is 23.5 Å². The van der Waals surface area contributed by atoms with Gasteiger partial charge in [-0.25, -0.2) is 0 Å². The molecule has 0 amide bonds. The van der Waals surface area contributed by atoms with E-state index < -0.39 is 0 Å². The molecule has 0 saturated heterocycles. The first-order valence-corrected chi connectivity index (χ1v) is 15.7. The first-order valence-electron chi connectivity index (χ1n) is 14.9. The Morgan fingerprint density at radius 3 is 1.98 bits per heavy atom. The van der Waals surface area contributed by atoms with Crippen molar-refractivity contribution in [1.82, 2.24) is 0 Å². The first-order chi connectivity index (χ1) is 21.8. The van der Waals surface area contributed by atoms with Crippen LogP contribution in [0.5, 0.6) is 11.5 Å². The van der Waals surface area contributed by atoms with E-state index in [1.165, 1.54) is 70.2 Å². The Labute approximate surface area is 260 Å². The molecule has 0 aliphatic carbocycles. The molecule has 0 atom stereocenters. The van der Waals surface area contributed by atoms with Crippen LogP contribution in [-0.4, -0.2) is 0 Å². The fourth-order valence-corrected chi connectivity index (χ4v) is 7.75. The van der Waals surface area contributed by atoms with Gasteiger partial charge < -0.3 is 4.74 Å². The Hall–Kier alpha value is -5.44. The lowest BCUT2D eigenvalue weighted by Gasteiger charge is -2.22. The van der Waals surface area contributed by atoms with Crippen molar-refractivity contribution in [2.45, 2.75) is 0 Å². The van der Waals surface area contributed by atoms with Crippen LogP contribution in [-0.2, 0) is 0 Å². The topological polar surface area (TPSA) is 9.23 Å². The molecule has 0 radical (unpaired) electrons. The van der Waals surface area contributed by atoms with E-state index in [9.17, 15) is 0 Å². The minimum Gasteiger partial charge on any atom is -0.456 e. The number of benzene rings is 7. The van der Waals surface area contributed by atoms with Gasteiger partial charge in [-0.3, -0.25) is 0 Å². The van der Waals surface area contributed by atoms with Gasteiger partial charge in [0.2, 0.25) is 0 Å². The SMILES string of the molecule is c1ccc(-c2ccc(-c3cccc4ccccc34)c(-c3ccc(-c4ccc5c6c(cccc46)-c4ccccc4O5)s3)c2)cc1. The van der Waals surface area contributed by atoms with E-state index in [0.717, 1.165) is 17.1 Å². The van der Waals surface area contributed by atoms with Gasteiger partial charge in [0.05, 0.1) is 0 Å². The van der Waals surface area contributed by atoms with Crippen molar-refractivity contribution in [3.63, 3.8) is 0 Å². The van der Waals surface area contributed by atoms with Gasteiger partial charge in [-0.1, -0.05) is 121 Å². The smallest absolute Gasteiger partial charge is 0.135 e. The highest BCUT2D eigenvalue weighted by Crippen LogP contribution is 2.50. The van der Waals surface area contributed by atoms with Crippen molar-refractivity contribution in [3.05, 3.63) is 158 Å².